The summed E-state index contributed by atoms with van der Waals surface area (Å²) < 4.78 is 0. The van der Waals surface area contributed by atoms with Crippen molar-refractivity contribution in [2.24, 2.45) is 5.73 Å². The van der Waals surface area contributed by atoms with Crippen molar-refractivity contribution < 1.29 is 9.59 Å². The van der Waals surface area contributed by atoms with Crippen LogP contribution in [-0.4, -0.2) is 43.3 Å². The molecule has 0 aliphatic rings. The minimum Gasteiger partial charge on any atom is -0.370 e. The second-order valence-corrected chi connectivity index (χ2v) is 8.53. The number of unbranched alkanes of at least 4 members (excludes halogenated alkanes) is 2. The number of benzene rings is 1. The predicted molar refractivity (Wildman–Crippen MR) is 133 cm³/mol. The van der Waals surface area contributed by atoms with Gasteiger partial charge in [0.2, 0.25) is 11.8 Å². The number of nitrogens with zero attached hydrogens (tertiary/aromatic N) is 4. The maximum absolute atomic E-state index is 12.5. The lowest BCUT2D eigenvalue weighted by molar-refractivity contribution is -0.120. The number of hydrogen-bond donors (Lipinski definition) is 3. The fraction of sp³-hybridized carbons (Fsp3) is 0.308. The Morgan fingerprint density at radius 3 is 2.66 bits per heavy atom. The highest BCUT2D eigenvalue weighted by Crippen LogP contribution is 2.26. The van der Waals surface area contributed by atoms with E-state index in [9.17, 15) is 9.59 Å². The van der Waals surface area contributed by atoms with Gasteiger partial charge in [0.25, 0.3) is 0 Å². The smallest absolute Gasteiger partial charge is 0.227 e. The molecule has 3 aromatic heterocycles. The lowest BCUT2D eigenvalue weighted by Crippen LogP contribution is -2.30. The van der Waals surface area contributed by atoms with Gasteiger partial charge in [0.1, 0.15) is 11.6 Å². The summed E-state index contributed by atoms with van der Waals surface area (Å²) in [4.78, 5) is 44.0. The number of pyridine rings is 1. The van der Waals surface area contributed by atoms with E-state index >= 15 is 0 Å². The topological polar surface area (TPSA) is 140 Å². The van der Waals surface area contributed by atoms with Gasteiger partial charge in [0, 0.05) is 54.6 Å². The van der Waals surface area contributed by atoms with Gasteiger partial charge in [0.05, 0.1) is 18.3 Å². The first kappa shape index (κ1) is 24.0. The van der Waals surface area contributed by atoms with Crippen LogP contribution in [-0.2, 0) is 16.0 Å². The number of H-pyrrole nitrogens is 1. The molecular formula is C26H29N7O2. The summed E-state index contributed by atoms with van der Waals surface area (Å²) in [6.07, 6.45) is 12.6. The zero-order valence-corrected chi connectivity index (χ0v) is 19.5. The quantitative estimate of drug-likeness (QED) is 0.271. The van der Waals surface area contributed by atoms with E-state index in [1.54, 1.807) is 24.7 Å². The van der Waals surface area contributed by atoms with Gasteiger partial charge in [0.15, 0.2) is 0 Å². The molecule has 1 aromatic carbocycles. The number of rotatable bonds is 12. The Morgan fingerprint density at radius 1 is 0.971 bits per heavy atom. The van der Waals surface area contributed by atoms with E-state index in [1.165, 1.54) is 0 Å². The van der Waals surface area contributed by atoms with Gasteiger partial charge in [-0.2, -0.15) is 0 Å². The van der Waals surface area contributed by atoms with Crippen molar-refractivity contribution in [3.05, 3.63) is 73.0 Å². The molecule has 1 atom stereocenters. The normalized spacial score (nSPS) is 11.9. The summed E-state index contributed by atoms with van der Waals surface area (Å²) in [5.41, 5.74) is 7.18. The molecule has 0 aliphatic carbocycles. The van der Waals surface area contributed by atoms with Crippen molar-refractivity contribution in [2.45, 2.75) is 44.4 Å². The van der Waals surface area contributed by atoms with Crippen molar-refractivity contribution in [1.29, 1.82) is 0 Å². The molecule has 0 saturated heterocycles. The molecule has 1 unspecified atom stereocenters. The molecule has 9 nitrogen and oxygen atoms in total. The first-order valence-electron chi connectivity index (χ1n) is 11.8. The zero-order valence-electron chi connectivity index (χ0n) is 19.5. The Balaban J connectivity index is 1.43. The number of aromatic nitrogens is 5. The number of aromatic amines is 1. The molecule has 0 spiro atoms. The standard InChI is InChI=1S/C26H29N7O2/c27-23(34)6-3-1-2-5-20(16-31-25(35)14-24-29-10-4-11-30-24)26-32-17-22(33-26)19-8-7-18-9-12-28-15-21(18)13-19/h4,7-13,15,17,20H,1-3,5-6,14,16H2,(H2,27,34)(H,31,35)(H,32,33). The van der Waals surface area contributed by atoms with Crippen LogP contribution < -0.4 is 11.1 Å². The van der Waals surface area contributed by atoms with E-state index in [1.807, 2.05) is 18.5 Å². The second-order valence-electron chi connectivity index (χ2n) is 8.53. The highest BCUT2D eigenvalue weighted by molar-refractivity contribution is 5.86. The summed E-state index contributed by atoms with van der Waals surface area (Å²) >= 11 is 0. The molecule has 4 rings (SSSR count). The fourth-order valence-electron chi connectivity index (χ4n) is 4.01. The van der Waals surface area contributed by atoms with Crippen molar-refractivity contribution >= 4 is 22.6 Å². The zero-order chi connectivity index (χ0) is 24.5. The molecule has 4 N–H and O–H groups in total. The Hall–Kier alpha value is -4.14. The second kappa shape index (κ2) is 11.8. The van der Waals surface area contributed by atoms with Crippen LogP contribution in [0.1, 0.15) is 49.7 Å². The van der Waals surface area contributed by atoms with Crippen molar-refractivity contribution in [2.75, 3.05) is 6.54 Å². The third kappa shape index (κ3) is 6.92. The Morgan fingerprint density at radius 2 is 1.83 bits per heavy atom. The van der Waals surface area contributed by atoms with Gasteiger partial charge in [-0.25, -0.2) is 15.0 Å². The van der Waals surface area contributed by atoms with Crippen molar-refractivity contribution in [3.8, 4) is 11.3 Å². The molecule has 2 amide bonds. The average molecular weight is 472 g/mol. The van der Waals surface area contributed by atoms with Gasteiger partial charge >= 0.3 is 0 Å². The van der Waals surface area contributed by atoms with Gasteiger partial charge in [-0.1, -0.05) is 25.0 Å². The monoisotopic (exact) mass is 471 g/mol. The maximum atomic E-state index is 12.5. The number of carbonyl (C=O) groups excluding carboxylic acids is 2. The molecule has 0 aliphatic heterocycles. The predicted octanol–water partition coefficient (Wildman–Crippen LogP) is 3.29. The number of fused-ring (bicyclic) bond motifs is 1. The number of nitrogens with one attached hydrogen (secondary N) is 2. The van der Waals surface area contributed by atoms with E-state index in [0.717, 1.165) is 53.5 Å². The summed E-state index contributed by atoms with van der Waals surface area (Å²) in [5, 5.41) is 5.19. The van der Waals surface area contributed by atoms with E-state index in [2.05, 4.69) is 48.4 Å². The van der Waals surface area contributed by atoms with Crippen LogP contribution in [0.3, 0.4) is 0 Å². The summed E-state index contributed by atoms with van der Waals surface area (Å²) in [5.74, 6) is 0.888. The third-order valence-corrected chi connectivity index (χ3v) is 5.89. The summed E-state index contributed by atoms with van der Waals surface area (Å²) in [7, 11) is 0. The van der Waals surface area contributed by atoms with Crippen LogP contribution in [0.15, 0.2) is 61.3 Å². The van der Waals surface area contributed by atoms with E-state index in [4.69, 9.17) is 5.73 Å². The lowest BCUT2D eigenvalue weighted by atomic mass is 9.99. The summed E-state index contributed by atoms with van der Waals surface area (Å²) in [6.45, 7) is 0.441. The molecule has 35 heavy (non-hydrogen) atoms. The molecule has 0 fully saturated rings. The molecule has 0 bridgehead atoms. The minimum atomic E-state index is -0.279. The lowest BCUT2D eigenvalue weighted by Gasteiger charge is -2.16. The first-order valence-corrected chi connectivity index (χ1v) is 11.8. The van der Waals surface area contributed by atoms with Crippen LogP contribution in [0.5, 0.6) is 0 Å². The van der Waals surface area contributed by atoms with Crippen LogP contribution in [0.2, 0.25) is 0 Å². The van der Waals surface area contributed by atoms with E-state index < -0.39 is 0 Å². The molecule has 0 radical (unpaired) electrons. The average Bonchev–Trinajstić information content (AvgIpc) is 3.36. The molecule has 0 saturated carbocycles. The maximum Gasteiger partial charge on any atom is 0.227 e. The summed E-state index contributed by atoms with van der Waals surface area (Å²) in [6, 6.07) is 9.90. The van der Waals surface area contributed by atoms with Gasteiger partial charge < -0.3 is 16.0 Å². The molecule has 4 aromatic rings. The molecule has 3 heterocycles. The molecule has 180 valence electrons. The van der Waals surface area contributed by atoms with Crippen molar-refractivity contribution in [3.63, 3.8) is 0 Å². The number of imidazole rings is 1. The highest BCUT2D eigenvalue weighted by Gasteiger charge is 2.18. The fourth-order valence-corrected chi connectivity index (χ4v) is 4.01. The first-order chi connectivity index (χ1) is 17.1. The van der Waals surface area contributed by atoms with Gasteiger partial charge in [-0.05, 0) is 36.4 Å². The van der Waals surface area contributed by atoms with Crippen LogP contribution in [0, 0.1) is 0 Å². The van der Waals surface area contributed by atoms with Gasteiger partial charge in [-0.15, -0.1) is 0 Å². The Labute approximate surface area is 203 Å². The highest BCUT2D eigenvalue weighted by atomic mass is 16.1. The minimum absolute atomic E-state index is 0.0000860. The van der Waals surface area contributed by atoms with Gasteiger partial charge in [-0.3, -0.25) is 14.6 Å². The molecular weight excluding hydrogens is 442 g/mol. The van der Waals surface area contributed by atoms with E-state index in [0.29, 0.717) is 18.8 Å². The van der Waals surface area contributed by atoms with Crippen LogP contribution in [0.25, 0.3) is 22.0 Å². The number of hydrogen-bond acceptors (Lipinski definition) is 6. The molecule has 9 heteroatoms. The van der Waals surface area contributed by atoms with Crippen LogP contribution in [0.4, 0.5) is 0 Å². The Kier molecular flexibility index (Phi) is 8.11. The SMILES string of the molecule is NC(=O)CCCCCC(CNC(=O)Cc1ncccn1)c1ncc(-c2ccc3ccncc3c2)[nH]1. The number of carbonyl (C=O) groups is 2. The number of nitrogens with two attached hydrogens (primary N) is 1. The van der Waals surface area contributed by atoms with Crippen molar-refractivity contribution in [1.82, 2.24) is 30.2 Å². The largest absolute Gasteiger partial charge is 0.370 e. The number of amides is 2. The Bertz CT molecular complexity index is 1270. The van der Waals surface area contributed by atoms with Crippen LogP contribution >= 0.6 is 0 Å². The third-order valence-electron chi connectivity index (χ3n) is 5.89. The number of primary amides is 1. The van der Waals surface area contributed by atoms with E-state index in [-0.39, 0.29) is 24.2 Å².